The molecule has 3 rings (SSSR count). The number of hydrogen-bond acceptors (Lipinski definition) is 6. The highest BCUT2D eigenvalue weighted by molar-refractivity contribution is 8.00. The second-order valence-electron chi connectivity index (χ2n) is 8.48. The lowest BCUT2D eigenvalue weighted by atomic mass is 10.1. The number of hydrogen-bond donors (Lipinski definition) is 2. The van der Waals surface area contributed by atoms with Crippen molar-refractivity contribution in [1.82, 2.24) is 5.32 Å². The van der Waals surface area contributed by atoms with Crippen LogP contribution in [0.3, 0.4) is 0 Å². The van der Waals surface area contributed by atoms with Crippen LogP contribution in [0.2, 0.25) is 0 Å². The van der Waals surface area contributed by atoms with Crippen LogP contribution >= 0.6 is 23.7 Å². The smallest absolute Gasteiger partial charge is 0.257 e. The molecule has 0 saturated carbocycles. The molecule has 0 atom stereocenters. The van der Waals surface area contributed by atoms with Crippen LogP contribution in [0.5, 0.6) is 0 Å². The van der Waals surface area contributed by atoms with Crippen molar-refractivity contribution in [3.8, 4) is 0 Å². The van der Waals surface area contributed by atoms with E-state index in [1.807, 2.05) is 35.8 Å². The van der Waals surface area contributed by atoms with Gasteiger partial charge in [0.1, 0.15) is 5.82 Å². The van der Waals surface area contributed by atoms with E-state index in [9.17, 15) is 9.18 Å². The molecular weight excluding hydrogens is 467 g/mol. The average Bonchev–Trinajstić information content (AvgIpc) is 2.87. The zero-order valence-corrected chi connectivity index (χ0v) is 22.2. The third-order valence-electron chi connectivity index (χ3n) is 6.03. The maximum Gasteiger partial charge on any atom is 0.257 e. The lowest BCUT2D eigenvalue weighted by molar-refractivity contribution is 0.102. The Balaban J connectivity index is 1.69. The number of piperazine rings is 1. The first-order valence-corrected chi connectivity index (χ1v) is 14.3. The highest BCUT2D eigenvalue weighted by Gasteiger charge is 2.19. The van der Waals surface area contributed by atoms with Gasteiger partial charge in [0.2, 0.25) is 0 Å². The molecule has 2 N–H and O–H groups in total. The first kappa shape index (κ1) is 26.7. The predicted molar refractivity (Wildman–Crippen MR) is 147 cm³/mol. The summed E-state index contributed by atoms with van der Waals surface area (Å²) in [5.41, 5.74) is 2.57. The first-order valence-electron chi connectivity index (χ1n) is 12.1. The number of carbonyl (C=O) groups is 1. The fraction of sp³-hybridized carbons (Fsp3) is 0.500. The minimum Gasteiger partial charge on any atom is -0.369 e. The largest absolute Gasteiger partial charge is 0.369 e. The van der Waals surface area contributed by atoms with E-state index < -0.39 is 5.82 Å². The third kappa shape index (κ3) is 7.55. The highest BCUT2D eigenvalue weighted by atomic mass is 32.2. The fourth-order valence-corrected chi connectivity index (χ4v) is 5.26. The molecule has 8 heteroatoms. The maximum absolute atomic E-state index is 14.8. The summed E-state index contributed by atoms with van der Waals surface area (Å²) < 4.78 is 16.8. The summed E-state index contributed by atoms with van der Waals surface area (Å²) in [6, 6.07) is 11.0. The van der Waals surface area contributed by atoms with E-state index in [1.54, 1.807) is 17.8 Å². The lowest BCUT2D eigenvalue weighted by Crippen LogP contribution is -2.43. The van der Waals surface area contributed by atoms with Crippen molar-refractivity contribution < 1.29 is 9.18 Å². The van der Waals surface area contributed by atoms with Gasteiger partial charge in [0.15, 0.2) is 0 Å². The fourth-order valence-electron chi connectivity index (χ4n) is 3.97. The molecule has 186 valence electrons. The van der Waals surface area contributed by atoms with Crippen LogP contribution in [0.1, 0.15) is 49.4 Å². The summed E-state index contributed by atoms with van der Waals surface area (Å²) in [6.45, 7) is 5.84. The van der Waals surface area contributed by atoms with E-state index in [0.29, 0.717) is 5.56 Å². The quantitative estimate of drug-likeness (QED) is 0.202. The summed E-state index contributed by atoms with van der Waals surface area (Å²) in [5.74, 6) is 0.281. The molecule has 1 heterocycles. The van der Waals surface area contributed by atoms with Crippen molar-refractivity contribution in [3.05, 3.63) is 47.8 Å². The van der Waals surface area contributed by atoms with E-state index in [4.69, 9.17) is 0 Å². The molecule has 0 spiro atoms. The van der Waals surface area contributed by atoms with Crippen molar-refractivity contribution >= 4 is 46.7 Å². The molecular formula is C26H37FN4OS2. The number of unbranched alkanes of at least 4 members (excludes halogenated alkanes) is 4. The standard InChI is InChI=1S/C26H37FN4OS2/c1-4-5-6-7-8-17-34-21-10-11-24(23(27)19-21)29-26(32)22-18-20(31-15-13-28-14-16-31)9-12-25(22)30(2)33-3/h9-12,18-19,28H,4-8,13-17H2,1-3H3,(H,29,32). The Morgan fingerprint density at radius 1 is 1.12 bits per heavy atom. The van der Waals surface area contributed by atoms with Crippen LogP contribution in [-0.2, 0) is 0 Å². The van der Waals surface area contributed by atoms with Crippen LogP contribution in [0.15, 0.2) is 41.3 Å². The van der Waals surface area contributed by atoms with E-state index in [2.05, 4.69) is 28.5 Å². The molecule has 5 nitrogen and oxygen atoms in total. The molecule has 1 aliphatic heterocycles. The molecule has 0 aromatic heterocycles. The van der Waals surface area contributed by atoms with Gasteiger partial charge in [-0.3, -0.25) is 4.79 Å². The van der Waals surface area contributed by atoms with Crippen molar-refractivity contribution in [2.45, 2.75) is 43.9 Å². The van der Waals surface area contributed by atoms with Gasteiger partial charge in [-0.1, -0.05) is 44.6 Å². The number of amides is 1. The minimum absolute atomic E-state index is 0.211. The number of rotatable bonds is 12. The Labute approximate surface area is 212 Å². The molecule has 0 radical (unpaired) electrons. The molecule has 2 aromatic carbocycles. The summed E-state index contributed by atoms with van der Waals surface area (Å²) in [5, 5.41) is 6.16. The highest BCUT2D eigenvalue weighted by Crippen LogP contribution is 2.31. The Bertz CT molecular complexity index is 937. The molecule has 1 fully saturated rings. The molecule has 0 unspecified atom stereocenters. The van der Waals surface area contributed by atoms with Crippen LogP contribution in [0.25, 0.3) is 0 Å². The van der Waals surface area contributed by atoms with Gasteiger partial charge >= 0.3 is 0 Å². The van der Waals surface area contributed by atoms with Gasteiger partial charge < -0.3 is 19.8 Å². The van der Waals surface area contributed by atoms with Crippen molar-refractivity contribution in [3.63, 3.8) is 0 Å². The van der Waals surface area contributed by atoms with Crippen molar-refractivity contribution in [1.29, 1.82) is 0 Å². The van der Waals surface area contributed by atoms with Gasteiger partial charge in [0, 0.05) is 50.1 Å². The summed E-state index contributed by atoms with van der Waals surface area (Å²) >= 11 is 3.20. The molecule has 1 aliphatic rings. The molecule has 1 amide bonds. The van der Waals surface area contributed by atoms with Gasteiger partial charge in [0.25, 0.3) is 5.91 Å². The van der Waals surface area contributed by atoms with Gasteiger partial charge in [-0.05, 0) is 48.6 Å². The third-order valence-corrected chi connectivity index (χ3v) is 7.85. The van der Waals surface area contributed by atoms with Gasteiger partial charge in [-0.25, -0.2) is 4.39 Å². The number of carbonyl (C=O) groups excluding carboxylic acids is 1. The monoisotopic (exact) mass is 504 g/mol. The second kappa shape index (κ2) is 13.9. The van der Waals surface area contributed by atoms with Crippen molar-refractivity contribution in [2.75, 3.05) is 59.8 Å². The predicted octanol–water partition coefficient (Wildman–Crippen LogP) is 6.26. The second-order valence-corrected chi connectivity index (χ2v) is 10.6. The molecule has 2 aromatic rings. The topological polar surface area (TPSA) is 47.6 Å². The normalized spacial score (nSPS) is 13.7. The van der Waals surface area contributed by atoms with Crippen LogP contribution in [0, 0.1) is 5.82 Å². The Hall–Kier alpha value is -1.90. The summed E-state index contributed by atoms with van der Waals surface area (Å²) in [7, 11) is 1.93. The number of nitrogens with zero attached hydrogens (tertiary/aromatic N) is 2. The van der Waals surface area contributed by atoms with Gasteiger partial charge in [0.05, 0.1) is 16.9 Å². The Morgan fingerprint density at radius 3 is 2.59 bits per heavy atom. The number of thioether (sulfide) groups is 1. The van der Waals surface area contributed by atoms with Crippen LogP contribution < -0.4 is 19.8 Å². The minimum atomic E-state index is -0.401. The average molecular weight is 505 g/mol. The molecule has 0 aliphatic carbocycles. The number of halogens is 1. The molecule has 34 heavy (non-hydrogen) atoms. The Morgan fingerprint density at radius 2 is 1.88 bits per heavy atom. The zero-order chi connectivity index (χ0) is 24.3. The first-order chi connectivity index (χ1) is 16.5. The lowest BCUT2D eigenvalue weighted by Gasteiger charge is -2.30. The summed E-state index contributed by atoms with van der Waals surface area (Å²) in [6.07, 6.45) is 8.10. The maximum atomic E-state index is 14.8. The SMILES string of the molecule is CCCCCCCSc1ccc(NC(=O)c2cc(N3CCNCC3)ccc2N(C)SC)c(F)c1. The van der Waals surface area contributed by atoms with Crippen LogP contribution in [0.4, 0.5) is 21.5 Å². The van der Waals surface area contributed by atoms with Gasteiger partial charge in [-0.2, -0.15) is 0 Å². The van der Waals surface area contributed by atoms with Gasteiger partial charge in [-0.15, -0.1) is 11.8 Å². The number of nitrogens with one attached hydrogen (secondary N) is 2. The van der Waals surface area contributed by atoms with E-state index in [0.717, 1.165) is 54.6 Å². The van der Waals surface area contributed by atoms with Crippen LogP contribution in [-0.4, -0.2) is 51.1 Å². The van der Waals surface area contributed by atoms with E-state index >= 15 is 0 Å². The molecule has 0 bridgehead atoms. The van der Waals surface area contributed by atoms with Crippen molar-refractivity contribution in [2.24, 2.45) is 0 Å². The number of benzene rings is 2. The number of anilines is 3. The Kier molecular flexibility index (Phi) is 10.9. The summed E-state index contributed by atoms with van der Waals surface area (Å²) in [4.78, 5) is 16.4. The van der Waals surface area contributed by atoms with E-state index in [1.165, 1.54) is 43.7 Å². The van der Waals surface area contributed by atoms with E-state index in [-0.39, 0.29) is 11.6 Å². The molecule has 1 saturated heterocycles. The zero-order valence-electron chi connectivity index (χ0n) is 20.5.